The third-order valence-electron chi connectivity index (χ3n) is 2.13. The van der Waals surface area contributed by atoms with Crippen LogP contribution in [-0.2, 0) is 4.79 Å². The molecule has 0 aromatic heterocycles. The molecule has 0 fully saturated rings. The van der Waals surface area contributed by atoms with Crippen LogP contribution in [0.3, 0.4) is 0 Å². The number of nitrogens with zero attached hydrogens (tertiary/aromatic N) is 1. The van der Waals surface area contributed by atoms with Gasteiger partial charge in [-0.3, -0.25) is 14.9 Å². The van der Waals surface area contributed by atoms with Gasteiger partial charge in [0.2, 0.25) is 0 Å². The summed E-state index contributed by atoms with van der Waals surface area (Å²) in [7, 11) is 0. The fourth-order valence-corrected chi connectivity index (χ4v) is 1.34. The van der Waals surface area contributed by atoms with Gasteiger partial charge in [-0.25, -0.2) is 4.79 Å². The van der Waals surface area contributed by atoms with Crippen molar-refractivity contribution in [2.75, 3.05) is 0 Å². The van der Waals surface area contributed by atoms with Crippen molar-refractivity contribution in [2.45, 2.75) is 6.92 Å². The molecule has 1 aromatic carbocycles. The number of aryl methyl sites for hydroxylation is 1. The van der Waals surface area contributed by atoms with Crippen molar-refractivity contribution in [1.29, 1.82) is 0 Å². The summed E-state index contributed by atoms with van der Waals surface area (Å²) >= 11 is 0. The molecule has 6 nitrogen and oxygen atoms in total. The Bertz CT molecular complexity index is 519. The van der Waals surface area contributed by atoms with E-state index in [0.29, 0.717) is 11.8 Å². The SMILES string of the molecule is Cc1cc(C=O)c(/C=C/C(=O)O)cc1[N+](=O)[O-]. The fraction of sp³-hybridized carbons (Fsp3) is 0.0909. The van der Waals surface area contributed by atoms with Gasteiger partial charge in [0.25, 0.3) is 5.69 Å². The van der Waals surface area contributed by atoms with Crippen molar-refractivity contribution in [1.82, 2.24) is 0 Å². The Morgan fingerprint density at radius 2 is 2.06 bits per heavy atom. The van der Waals surface area contributed by atoms with Crippen LogP contribution < -0.4 is 0 Å². The molecule has 0 aliphatic heterocycles. The molecule has 88 valence electrons. The van der Waals surface area contributed by atoms with Gasteiger partial charge < -0.3 is 5.11 Å². The van der Waals surface area contributed by atoms with Gasteiger partial charge in [0, 0.05) is 23.3 Å². The summed E-state index contributed by atoms with van der Waals surface area (Å²) in [4.78, 5) is 31.2. The van der Waals surface area contributed by atoms with Crippen LogP contribution in [0.1, 0.15) is 21.5 Å². The molecule has 0 saturated carbocycles. The quantitative estimate of drug-likeness (QED) is 0.371. The maximum atomic E-state index is 10.8. The predicted octanol–water partition coefficient (Wildman–Crippen LogP) is 1.81. The second kappa shape index (κ2) is 5.02. The van der Waals surface area contributed by atoms with Crippen molar-refractivity contribution in [2.24, 2.45) is 0 Å². The van der Waals surface area contributed by atoms with Gasteiger partial charge >= 0.3 is 5.97 Å². The molecule has 0 amide bonds. The Labute approximate surface area is 96.3 Å². The van der Waals surface area contributed by atoms with E-state index in [2.05, 4.69) is 0 Å². The van der Waals surface area contributed by atoms with E-state index in [9.17, 15) is 19.7 Å². The third-order valence-corrected chi connectivity index (χ3v) is 2.13. The first-order valence-corrected chi connectivity index (χ1v) is 4.61. The zero-order valence-corrected chi connectivity index (χ0v) is 8.91. The van der Waals surface area contributed by atoms with Crippen molar-refractivity contribution in [3.63, 3.8) is 0 Å². The summed E-state index contributed by atoms with van der Waals surface area (Å²) in [6, 6.07) is 2.53. The molecule has 0 unspecified atom stereocenters. The first-order chi connectivity index (χ1) is 7.95. The number of carboxylic acids is 1. The van der Waals surface area contributed by atoms with E-state index in [4.69, 9.17) is 5.11 Å². The zero-order valence-electron chi connectivity index (χ0n) is 8.91. The van der Waals surface area contributed by atoms with Crippen LogP contribution in [0.2, 0.25) is 0 Å². The summed E-state index contributed by atoms with van der Waals surface area (Å²) < 4.78 is 0. The standard InChI is InChI=1S/C11H9NO5/c1-7-4-9(6-13)8(2-3-11(14)15)5-10(7)12(16)17/h2-6H,1H3,(H,14,15)/b3-2+. The van der Waals surface area contributed by atoms with Gasteiger partial charge in [-0.15, -0.1) is 0 Å². The summed E-state index contributed by atoms with van der Waals surface area (Å²) in [5.74, 6) is -1.19. The number of carbonyl (C=O) groups excluding carboxylic acids is 1. The monoisotopic (exact) mass is 235 g/mol. The molecule has 6 heteroatoms. The lowest BCUT2D eigenvalue weighted by Crippen LogP contribution is -1.96. The lowest BCUT2D eigenvalue weighted by Gasteiger charge is -2.02. The minimum atomic E-state index is -1.19. The second-order valence-corrected chi connectivity index (χ2v) is 3.31. The molecule has 0 atom stereocenters. The van der Waals surface area contributed by atoms with E-state index in [0.717, 1.165) is 12.2 Å². The van der Waals surface area contributed by atoms with Gasteiger partial charge in [-0.05, 0) is 24.6 Å². The van der Waals surface area contributed by atoms with Crippen LogP contribution in [-0.4, -0.2) is 22.3 Å². The number of benzene rings is 1. The normalized spacial score (nSPS) is 10.4. The molecule has 0 spiro atoms. The molecule has 1 aromatic rings. The molecule has 0 bridgehead atoms. The van der Waals surface area contributed by atoms with Crippen molar-refractivity contribution < 1.29 is 19.6 Å². The van der Waals surface area contributed by atoms with Gasteiger partial charge in [-0.2, -0.15) is 0 Å². The number of hydrogen-bond acceptors (Lipinski definition) is 4. The number of hydrogen-bond donors (Lipinski definition) is 1. The highest BCUT2D eigenvalue weighted by Crippen LogP contribution is 2.23. The van der Waals surface area contributed by atoms with Crippen LogP contribution in [0.15, 0.2) is 18.2 Å². The van der Waals surface area contributed by atoms with E-state index in [1.807, 2.05) is 0 Å². The van der Waals surface area contributed by atoms with E-state index >= 15 is 0 Å². The lowest BCUT2D eigenvalue weighted by molar-refractivity contribution is -0.385. The van der Waals surface area contributed by atoms with Crippen LogP contribution in [0.5, 0.6) is 0 Å². The first-order valence-electron chi connectivity index (χ1n) is 4.61. The van der Waals surface area contributed by atoms with Crippen LogP contribution in [0, 0.1) is 17.0 Å². The molecule has 17 heavy (non-hydrogen) atoms. The number of nitro benzene ring substituents is 1. The summed E-state index contributed by atoms with van der Waals surface area (Å²) in [6.07, 6.45) is 2.50. The highest BCUT2D eigenvalue weighted by molar-refractivity contribution is 5.89. The topological polar surface area (TPSA) is 97.5 Å². The minimum absolute atomic E-state index is 0.152. The van der Waals surface area contributed by atoms with Crippen LogP contribution >= 0.6 is 0 Å². The zero-order chi connectivity index (χ0) is 13.0. The Hall–Kier alpha value is -2.50. The van der Waals surface area contributed by atoms with Gasteiger partial charge in [0.05, 0.1) is 4.92 Å². The summed E-state index contributed by atoms with van der Waals surface area (Å²) in [5.41, 5.74) is 0.621. The molecule has 0 saturated heterocycles. The van der Waals surface area contributed by atoms with Crippen LogP contribution in [0.25, 0.3) is 6.08 Å². The maximum absolute atomic E-state index is 10.8. The van der Waals surface area contributed by atoms with E-state index in [1.54, 1.807) is 0 Å². The van der Waals surface area contributed by atoms with Crippen molar-refractivity contribution >= 4 is 24.0 Å². The second-order valence-electron chi connectivity index (χ2n) is 3.31. The average molecular weight is 235 g/mol. The Balaban J connectivity index is 3.36. The summed E-state index contributed by atoms with van der Waals surface area (Å²) in [6.45, 7) is 1.51. The largest absolute Gasteiger partial charge is 0.478 e. The van der Waals surface area contributed by atoms with E-state index < -0.39 is 10.9 Å². The molecule has 1 rings (SSSR count). The number of rotatable bonds is 4. The van der Waals surface area contributed by atoms with Crippen molar-refractivity contribution in [3.8, 4) is 0 Å². The lowest BCUT2D eigenvalue weighted by atomic mass is 10.0. The highest BCUT2D eigenvalue weighted by atomic mass is 16.6. The van der Waals surface area contributed by atoms with E-state index in [-0.39, 0.29) is 16.8 Å². The van der Waals surface area contributed by atoms with E-state index in [1.165, 1.54) is 19.1 Å². The molecule has 1 N–H and O–H groups in total. The van der Waals surface area contributed by atoms with Gasteiger partial charge in [0.15, 0.2) is 6.29 Å². The number of aliphatic carboxylic acids is 1. The summed E-state index contributed by atoms with van der Waals surface area (Å²) in [5, 5.41) is 19.2. The smallest absolute Gasteiger partial charge is 0.328 e. The number of aldehydes is 1. The molecule has 0 aliphatic rings. The molecular formula is C11H9NO5. The molecule has 0 heterocycles. The molecular weight excluding hydrogens is 226 g/mol. The maximum Gasteiger partial charge on any atom is 0.328 e. The Kier molecular flexibility index (Phi) is 3.71. The fourth-order valence-electron chi connectivity index (χ4n) is 1.34. The van der Waals surface area contributed by atoms with Gasteiger partial charge in [-0.1, -0.05) is 0 Å². The Morgan fingerprint density at radius 1 is 1.41 bits per heavy atom. The minimum Gasteiger partial charge on any atom is -0.478 e. The van der Waals surface area contributed by atoms with Crippen molar-refractivity contribution in [3.05, 3.63) is 45.0 Å². The predicted molar refractivity (Wildman–Crippen MR) is 59.9 cm³/mol. The first kappa shape index (κ1) is 12.6. The average Bonchev–Trinajstić information content (AvgIpc) is 2.26. The highest BCUT2D eigenvalue weighted by Gasteiger charge is 2.13. The Morgan fingerprint density at radius 3 is 2.53 bits per heavy atom. The third kappa shape index (κ3) is 2.97. The van der Waals surface area contributed by atoms with Gasteiger partial charge in [0.1, 0.15) is 0 Å². The number of nitro groups is 1. The number of carboxylic acid groups (broad SMARTS) is 1. The molecule has 0 radical (unpaired) electrons. The molecule has 0 aliphatic carbocycles. The van der Waals surface area contributed by atoms with Crippen LogP contribution in [0.4, 0.5) is 5.69 Å². The number of carbonyl (C=O) groups is 2.